The van der Waals surface area contributed by atoms with E-state index in [0.717, 1.165) is 18.4 Å². The molecule has 1 heterocycles. The lowest BCUT2D eigenvalue weighted by Gasteiger charge is -2.25. The monoisotopic (exact) mass is 317 g/mol. The second-order valence-electron chi connectivity index (χ2n) is 6.84. The quantitative estimate of drug-likeness (QED) is 0.926. The molecule has 1 unspecified atom stereocenters. The number of hydrogen-bond donors (Lipinski definition) is 1. The van der Waals surface area contributed by atoms with Gasteiger partial charge in [-0.1, -0.05) is 24.1 Å². The third-order valence-electron chi connectivity index (χ3n) is 5.29. The van der Waals surface area contributed by atoms with Crippen LogP contribution in [0.1, 0.15) is 31.7 Å². The zero-order valence-electron chi connectivity index (χ0n) is 13.6. The van der Waals surface area contributed by atoms with Gasteiger partial charge in [0.1, 0.15) is 5.75 Å². The lowest BCUT2D eigenvalue weighted by atomic mass is 9.81. The molecule has 1 amide bonds. The summed E-state index contributed by atoms with van der Waals surface area (Å²) in [6.07, 6.45) is 1.89. The maximum absolute atomic E-state index is 12.6. The Labute approximate surface area is 136 Å². The number of amides is 1. The molecule has 1 aromatic carbocycles. The van der Waals surface area contributed by atoms with Gasteiger partial charge in [-0.15, -0.1) is 0 Å². The van der Waals surface area contributed by atoms with Gasteiger partial charge < -0.3 is 14.7 Å². The number of fused-ring (bicyclic) bond motifs is 1. The summed E-state index contributed by atoms with van der Waals surface area (Å²) < 4.78 is 5.72. The fraction of sp³-hybridized carbons (Fsp3) is 0.556. The SMILES string of the molecule is Cc1ccc(OC(C)C(=O)N2C[C@@H]3CCC[C@@]3(C(=O)O)C2)cc1. The van der Waals surface area contributed by atoms with Crippen LogP contribution in [-0.4, -0.2) is 41.1 Å². The highest BCUT2D eigenvalue weighted by Gasteiger charge is 2.56. The number of benzene rings is 1. The van der Waals surface area contributed by atoms with E-state index < -0.39 is 17.5 Å². The molecular weight excluding hydrogens is 294 g/mol. The molecule has 124 valence electrons. The maximum atomic E-state index is 12.6. The predicted molar refractivity (Wildman–Crippen MR) is 85.3 cm³/mol. The van der Waals surface area contributed by atoms with Crippen LogP contribution in [0.15, 0.2) is 24.3 Å². The van der Waals surface area contributed by atoms with Gasteiger partial charge in [-0.3, -0.25) is 9.59 Å². The second-order valence-corrected chi connectivity index (χ2v) is 6.84. The summed E-state index contributed by atoms with van der Waals surface area (Å²) in [5, 5.41) is 9.60. The minimum Gasteiger partial charge on any atom is -0.481 e. The van der Waals surface area contributed by atoms with E-state index in [1.807, 2.05) is 31.2 Å². The van der Waals surface area contributed by atoms with Crippen LogP contribution in [0.2, 0.25) is 0 Å². The topological polar surface area (TPSA) is 66.8 Å². The van der Waals surface area contributed by atoms with E-state index in [9.17, 15) is 14.7 Å². The normalized spacial score (nSPS) is 27.6. The molecule has 1 aliphatic carbocycles. The Balaban J connectivity index is 1.67. The highest BCUT2D eigenvalue weighted by Crippen LogP contribution is 2.49. The van der Waals surface area contributed by atoms with Crippen LogP contribution in [0, 0.1) is 18.3 Å². The molecule has 2 aliphatic rings. The second kappa shape index (κ2) is 5.87. The van der Waals surface area contributed by atoms with E-state index in [-0.39, 0.29) is 11.8 Å². The number of carboxylic acid groups (broad SMARTS) is 1. The number of carbonyl (C=O) groups is 2. The summed E-state index contributed by atoms with van der Waals surface area (Å²) in [5.74, 6) is -0.151. The summed E-state index contributed by atoms with van der Waals surface area (Å²) in [4.78, 5) is 26.0. The lowest BCUT2D eigenvalue weighted by Crippen LogP contribution is -2.42. The molecule has 1 aromatic rings. The van der Waals surface area contributed by atoms with Gasteiger partial charge in [-0.2, -0.15) is 0 Å². The van der Waals surface area contributed by atoms with Crippen LogP contribution in [-0.2, 0) is 9.59 Å². The van der Waals surface area contributed by atoms with E-state index in [4.69, 9.17) is 4.74 Å². The number of nitrogens with zero attached hydrogens (tertiary/aromatic N) is 1. The first-order valence-electron chi connectivity index (χ1n) is 8.18. The molecule has 1 saturated carbocycles. The van der Waals surface area contributed by atoms with Crippen molar-refractivity contribution in [3.63, 3.8) is 0 Å². The third-order valence-corrected chi connectivity index (χ3v) is 5.29. The number of carbonyl (C=O) groups excluding carboxylic acids is 1. The molecular formula is C18H23NO4. The maximum Gasteiger partial charge on any atom is 0.311 e. The van der Waals surface area contributed by atoms with E-state index in [1.165, 1.54) is 0 Å². The van der Waals surface area contributed by atoms with Crippen molar-refractivity contribution in [1.29, 1.82) is 0 Å². The molecule has 5 nitrogen and oxygen atoms in total. The molecule has 0 aromatic heterocycles. The molecule has 3 atom stereocenters. The van der Waals surface area contributed by atoms with Crippen LogP contribution < -0.4 is 4.74 Å². The van der Waals surface area contributed by atoms with Gasteiger partial charge in [0, 0.05) is 13.1 Å². The van der Waals surface area contributed by atoms with E-state index in [0.29, 0.717) is 25.3 Å². The van der Waals surface area contributed by atoms with Crippen molar-refractivity contribution in [3.8, 4) is 5.75 Å². The summed E-state index contributed by atoms with van der Waals surface area (Å²) in [5.41, 5.74) is 0.395. The van der Waals surface area contributed by atoms with Crippen molar-refractivity contribution in [2.75, 3.05) is 13.1 Å². The summed E-state index contributed by atoms with van der Waals surface area (Å²) in [6.45, 7) is 4.57. The molecule has 5 heteroatoms. The van der Waals surface area contributed by atoms with Crippen molar-refractivity contribution in [2.24, 2.45) is 11.3 Å². The van der Waals surface area contributed by atoms with Gasteiger partial charge in [-0.25, -0.2) is 0 Å². The first-order chi connectivity index (χ1) is 10.9. The van der Waals surface area contributed by atoms with Gasteiger partial charge in [0.15, 0.2) is 6.10 Å². The Bertz CT molecular complexity index is 612. The number of aliphatic carboxylic acids is 1. The number of carboxylic acids is 1. The van der Waals surface area contributed by atoms with Crippen LogP contribution in [0.5, 0.6) is 5.75 Å². The zero-order chi connectivity index (χ0) is 16.6. The standard InChI is InChI=1S/C18H23NO4/c1-12-5-7-15(8-6-12)23-13(2)16(20)19-10-14-4-3-9-18(14,11-19)17(21)22/h5-8,13-14H,3-4,9-11H2,1-2H3,(H,21,22)/t13?,14-,18+/m0/s1. The van der Waals surface area contributed by atoms with Crippen molar-refractivity contribution in [2.45, 2.75) is 39.2 Å². The average molecular weight is 317 g/mol. The van der Waals surface area contributed by atoms with Gasteiger partial charge in [0.25, 0.3) is 5.91 Å². The van der Waals surface area contributed by atoms with E-state index in [2.05, 4.69) is 0 Å². The van der Waals surface area contributed by atoms with Gasteiger partial charge in [0.05, 0.1) is 5.41 Å². The fourth-order valence-electron chi connectivity index (χ4n) is 3.94. The average Bonchev–Trinajstić information content (AvgIpc) is 3.06. The first kappa shape index (κ1) is 15.8. The fourth-order valence-corrected chi connectivity index (χ4v) is 3.94. The summed E-state index contributed by atoms with van der Waals surface area (Å²) in [6, 6.07) is 7.56. The molecule has 3 rings (SSSR count). The number of aryl methyl sites for hydroxylation is 1. The Morgan fingerprint density at radius 1 is 1.35 bits per heavy atom. The number of hydrogen-bond acceptors (Lipinski definition) is 3. The molecule has 1 aliphatic heterocycles. The number of rotatable bonds is 4. The van der Waals surface area contributed by atoms with Gasteiger partial charge >= 0.3 is 5.97 Å². The molecule has 0 spiro atoms. The Hall–Kier alpha value is -2.04. The number of ether oxygens (including phenoxy) is 1. The molecule has 2 fully saturated rings. The van der Waals surface area contributed by atoms with Gasteiger partial charge in [-0.05, 0) is 44.7 Å². The van der Waals surface area contributed by atoms with Crippen molar-refractivity contribution < 1.29 is 19.4 Å². The molecule has 1 N–H and O–H groups in total. The van der Waals surface area contributed by atoms with Crippen LogP contribution >= 0.6 is 0 Å². The first-order valence-corrected chi connectivity index (χ1v) is 8.18. The van der Waals surface area contributed by atoms with Crippen LogP contribution in [0.3, 0.4) is 0 Å². The Morgan fingerprint density at radius 2 is 2.04 bits per heavy atom. The van der Waals surface area contributed by atoms with Crippen molar-refractivity contribution in [1.82, 2.24) is 4.90 Å². The minimum absolute atomic E-state index is 0.0792. The van der Waals surface area contributed by atoms with Gasteiger partial charge in [0.2, 0.25) is 0 Å². The highest BCUT2D eigenvalue weighted by molar-refractivity contribution is 5.84. The van der Waals surface area contributed by atoms with Crippen molar-refractivity contribution >= 4 is 11.9 Å². The predicted octanol–water partition coefficient (Wildman–Crippen LogP) is 2.48. The molecule has 0 bridgehead atoms. The zero-order valence-corrected chi connectivity index (χ0v) is 13.6. The lowest BCUT2D eigenvalue weighted by molar-refractivity contribution is -0.150. The summed E-state index contributed by atoms with van der Waals surface area (Å²) >= 11 is 0. The highest BCUT2D eigenvalue weighted by atomic mass is 16.5. The van der Waals surface area contributed by atoms with Crippen LogP contribution in [0.25, 0.3) is 0 Å². The van der Waals surface area contributed by atoms with E-state index in [1.54, 1.807) is 11.8 Å². The largest absolute Gasteiger partial charge is 0.481 e. The molecule has 1 saturated heterocycles. The number of likely N-dealkylation sites (tertiary alicyclic amines) is 1. The smallest absolute Gasteiger partial charge is 0.311 e. The third kappa shape index (κ3) is 2.80. The summed E-state index contributed by atoms with van der Waals surface area (Å²) in [7, 11) is 0. The van der Waals surface area contributed by atoms with Crippen LogP contribution in [0.4, 0.5) is 0 Å². The Morgan fingerprint density at radius 3 is 2.65 bits per heavy atom. The Kier molecular flexibility index (Phi) is 4.04. The molecule has 0 radical (unpaired) electrons. The van der Waals surface area contributed by atoms with Crippen molar-refractivity contribution in [3.05, 3.63) is 29.8 Å². The molecule has 23 heavy (non-hydrogen) atoms. The minimum atomic E-state index is -0.762. The van der Waals surface area contributed by atoms with E-state index >= 15 is 0 Å².